The van der Waals surface area contributed by atoms with Crippen molar-refractivity contribution in [2.45, 2.75) is 39.4 Å². The van der Waals surface area contributed by atoms with E-state index in [1.54, 1.807) is 12.1 Å². The lowest BCUT2D eigenvalue weighted by Crippen LogP contribution is -2.23. The van der Waals surface area contributed by atoms with Gasteiger partial charge in [-0.1, -0.05) is 26.0 Å². The number of amides is 1. The Morgan fingerprint density at radius 3 is 2.66 bits per heavy atom. The molecule has 2 N–H and O–H groups in total. The Kier molecular flexibility index (Phi) is 6.33. The maximum absolute atomic E-state index is 12.1. The molecule has 1 saturated heterocycles. The number of nitriles is 1. The molecule has 1 aliphatic heterocycles. The Labute approximate surface area is 187 Å². The molecule has 1 aromatic heterocycles. The van der Waals surface area contributed by atoms with Crippen LogP contribution in [0.1, 0.15) is 32.8 Å². The van der Waals surface area contributed by atoms with E-state index in [0.717, 1.165) is 40.9 Å². The zero-order valence-electron chi connectivity index (χ0n) is 18.5. The topological polar surface area (TPSA) is 96.4 Å². The summed E-state index contributed by atoms with van der Waals surface area (Å²) in [6.07, 6.45) is 0.283. The molecule has 1 fully saturated rings. The van der Waals surface area contributed by atoms with Crippen LogP contribution >= 0.6 is 0 Å². The number of nitrogens with zero attached hydrogens (tertiary/aromatic N) is 1. The van der Waals surface area contributed by atoms with Crippen molar-refractivity contribution in [2.24, 2.45) is 5.92 Å². The number of fused-ring (bicyclic) bond motifs is 1. The minimum atomic E-state index is -0.484. The maximum atomic E-state index is 12.1. The molecule has 7 heteroatoms. The Morgan fingerprint density at radius 2 is 2.00 bits per heavy atom. The molecule has 0 spiro atoms. The highest BCUT2D eigenvalue weighted by atomic mass is 16.6. The lowest BCUT2D eigenvalue weighted by atomic mass is 10.1. The number of nitrogens with one attached hydrogen (secondary N) is 2. The standard InChI is InChI=1S/C25H27N3O4/c1-15(2)16(3)31-25(29)27-18-6-4-17(5-7-18)24-22(13-26)21-9-8-19(12-23(21)28-24)32-20-10-11-30-14-20/h4-9,12,15-16,20,28H,10-11,14H2,1-3H3,(H,27,29). The summed E-state index contributed by atoms with van der Waals surface area (Å²) in [4.78, 5) is 15.4. The van der Waals surface area contributed by atoms with Crippen LogP contribution < -0.4 is 10.1 Å². The van der Waals surface area contributed by atoms with E-state index in [2.05, 4.69) is 16.4 Å². The summed E-state index contributed by atoms with van der Waals surface area (Å²) < 4.78 is 16.7. The smallest absolute Gasteiger partial charge is 0.411 e. The molecule has 4 rings (SSSR count). The summed E-state index contributed by atoms with van der Waals surface area (Å²) in [7, 11) is 0. The Bertz CT molecular complexity index is 1140. The predicted octanol–water partition coefficient (Wildman–Crippen LogP) is 5.47. The molecular weight excluding hydrogens is 406 g/mol. The number of ether oxygens (including phenoxy) is 3. The first-order valence-corrected chi connectivity index (χ1v) is 10.8. The van der Waals surface area contributed by atoms with E-state index >= 15 is 0 Å². The zero-order chi connectivity index (χ0) is 22.7. The normalized spacial score (nSPS) is 16.7. The van der Waals surface area contributed by atoms with Crippen molar-refractivity contribution < 1.29 is 19.0 Å². The van der Waals surface area contributed by atoms with Gasteiger partial charge in [0.25, 0.3) is 0 Å². The molecule has 2 aromatic carbocycles. The lowest BCUT2D eigenvalue weighted by molar-refractivity contribution is 0.0940. The third-order valence-electron chi connectivity index (χ3n) is 5.72. The summed E-state index contributed by atoms with van der Waals surface area (Å²) in [5, 5.41) is 13.4. The Morgan fingerprint density at radius 1 is 1.22 bits per heavy atom. The second-order valence-electron chi connectivity index (χ2n) is 8.35. The SMILES string of the molecule is CC(C)C(C)OC(=O)Nc1ccc(-c2[nH]c3cc(OC4CCOC4)ccc3c2C#N)cc1. The van der Waals surface area contributed by atoms with Crippen molar-refractivity contribution in [3.05, 3.63) is 48.0 Å². The first kappa shape index (κ1) is 21.7. The second-order valence-corrected chi connectivity index (χ2v) is 8.35. The number of H-pyrrole nitrogens is 1. The van der Waals surface area contributed by atoms with Crippen LogP contribution in [0.2, 0.25) is 0 Å². The molecule has 2 atom stereocenters. The van der Waals surface area contributed by atoms with Gasteiger partial charge in [0, 0.05) is 23.6 Å². The van der Waals surface area contributed by atoms with E-state index in [9.17, 15) is 10.1 Å². The molecule has 2 heterocycles. The summed E-state index contributed by atoms with van der Waals surface area (Å²) in [5.41, 5.74) is 3.60. The lowest BCUT2D eigenvalue weighted by Gasteiger charge is -2.17. The molecule has 0 radical (unpaired) electrons. The summed E-state index contributed by atoms with van der Waals surface area (Å²) in [5.74, 6) is 0.992. The van der Waals surface area contributed by atoms with Gasteiger partial charge >= 0.3 is 6.09 Å². The molecular formula is C25H27N3O4. The van der Waals surface area contributed by atoms with E-state index in [1.807, 2.05) is 51.1 Å². The summed E-state index contributed by atoms with van der Waals surface area (Å²) >= 11 is 0. The van der Waals surface area contributed by atoms with Crippen LogP contribution in [0.3, 0.4) is 0 Å². The molecule has 0 aliphatic carbocycles. The highest BCUT2D eigenvalue weighted by molar-refractivity contribution is 5.94. The monoisotopic (exact) mass is 433 g/mol. The van der Waals surface area contributed by atoms with Gasteiger partial charge in [-0.2, -0.15) is 5.26 Å². The molecule has 3 aromatic rings. The van der Waals surface area contributed by atoms with Gasteiger partial charge in [-0.3, -0.25) is 5.32 Å². The van der Waals surface area contributed by atoms with Crippen LogP contribution in [0.15, 0.2) is 42.5 Å². The van der Waals surface area contributed by atoms with Crippen molar-refractivity contribution in [3.8, 4) is 23.1 Å². The first-order valence-electron chi connectivity index (χ1n) is 10.8. The van der Waals surface area contributed by atoms with Crippen molar-refractivity contribution >= 4 is 22.7 Å². The zero-order valence-corrected chi connectivity index (χ0v) is 18.5. The number of hydrogen-bond donors (Lipinski definition) is 2. The van der Waals surface area contributed by atoms with Gasteiger partial charge in [0.1, 0.15) is 24.0 Å². The third-order valence-corrected chi connectivity index (χ3v) is 5.72. The van der Waals surface area contributed by atoms with Crippen LogP contribution in [0.5, 0.6) is 5.75 Å². The Balaban J connectivity index is 1.53. The van der Waals surface area contributed by atoms with Crippen molar-refractivity contribution in [3.63, 3.8) is 0 Å². The number of carbonyl (C=O) groups is 1. The van der Waals surface area contributed by atoms with E-state index in [4.69, 9.17) is 14.2 Å². The van der Waals surface area contributed by atoms with Gasteiger partial charge in [-0.05, 0) is 42.7 Å². The molecule has 1 aliphatic rings. The minimum Gasteiger partial charge on any atom is -0.488 e. The molecule has 166 valence electrons. The minimum absolute atomic E-state index is 0.0626. The number of hydrogen-bond acceptors (Lipinski definition) is 5. The van der Waals surface area contributed by atoms with Gasteiger partial charge in [-0.15, -0.1) is 0 Å². The number of benzene rings is 2. The van der Waals surface area contributed by atoms with E-state index in [1.165, 1.54) is 0 Å². The van der Waals surface area contributed by atoms with Crippen LogP contribution in [0, 0.1) is 17.2 Å². The number of carbonyl (C=O) groups excluding carboxylic acids is 1. The third kappa shape index (κ3) is 4.71. The molecule has 1 amide bonds. The predicted molar refractivity (Wildman–Crippen MR) is 123 cm³/mol. The van der Waals surface area contributed by atoms with Crippen LogP contribution in [-0.4, -0.2) is 36.5 Å². The molecule has 32 heavy (non-hydrogen) atoms. The Hall–Kier alpha value is -3.50. The second kappa shape index (κ2) is 9.33. The molecule has 2 unspecified atom stereocenters. The molecule has 0 saturated carbocycles. The fraction of sp³-hybridized carbons (Fsp3) is 0.360. The number of aromatic amines is 1. The van der Waals surface area contributed by atoms with Crippen LogP contribution in [0.25, 0.3) is 22.2 Å². The van der Waals surface area contributed by atoms with Gasteiger partial charge in [-0.25, -0.2) is 4.79 Å². The number of aromatic nitrogens is 1. The average molecular weight is 434 g/mol. The van der Waals surface area contributed by atoms with Crippen LogP contribution in [0.4, 0.5) is 10.5 Å². The first-order chi connectivity index (χ1) is 15.4. The van der Waals surface area contributed by atoms with E-state index in [-0.39, 0.29) is 18.1 Å². The number of rotatable bonds is 6. The highest BCUT2D eigenvalue weighted by Crippen LogP contribution is 2.33. The van der Waals surface area contributed by atoms with Gasteiger partial charge in [0.2, 0.25) is 0 Å². The van der Waals surface area contributed by atoms with Crippen molar-refractivity contribution in [1.82, 2.24) is 4.98 Å². The number of anilines is 1. The van der Waals surface area contributed by atoms with Crippen LogP contribution in [-0.2, 0) is 9.47 Å². The van der Waals surface area contributed by atoms with Gasteiger partial charge in [0.15, 0.2) is 0 Å². The van der Waals surface area contributed by atoms with Gasteiger partial charge < -0.3 is 19.2 Å². The van der Waals surface area contributed by atoms with E-state index in [0.29, 0.717) is 17.9 Å². The molecule has 0 bridgehead atoms. The van der Waals surface area contributed by atoms with Gasteiger partial charge in [0.05, 0.1) is 30.0 Å². The summed E-state index contributed by atoms with van der Waals surface area (Å²) in [6, 6.07) is 15.3. The summed E-state index contributed by atoms with van der Waals surface area (Å²) in [6.45, 7) is 7.18. The maximum Gasteiger partial charge on any atom is 0.411 e. The quantitative estimate of drug-likeness (QED) is 0.537. The highest BCUT2D eigenvalue weighted by Gasteiger charge is 2.19. The average Bonchev–Trinajstić information content (AvgIpc) is 3.41. The fourth-order valence-electron chi connectivity index (χ4n) is 3.55. The molecule has 7 nitrogen and oxygen atoms in total. The van der Waals surface area contributed by atoms with Crippen molar-refractivity contribution in [1.29, 1.82) is 5.26 Å². The fourth-order valence-corrected chi connectivity index (χ4v) is 3.55. The van der Waals surface area contributed by atoms with Crippen molar-refractivity contribution in [2.75, 3.05) is 18.5 Å². The van der Waals surface area contributed by atoms with E-state index < -0.39 is 6.09 Å². The largest absolute Gasteiger partial charge is 0.488 e.